The largest absolute Gasteiger partial charge is 0.325 e. The van der Waals surface area contributed by atoms with Crippen molar-refractivity contribution in [2.75, 3.05) is 0 Å². The van der Waals surface area contributed by atoms with E-state index in [9.17, 15) is 4.39 Å². The van der Waals surface area contributed by atoms with Gasteiger partial charge in [0.15, 0.2) is 0 Å². The van der Waals surface area contributed by atoms with Crippen LogP contribution in [-0.2, 0) is 0 Å². The predicted molar refractivity (Wildman–Crippen MR) is 38.0 cm³/mol. The van der Waals surface area contributed by atoms with Crippen molar-refractivity contribution in [1.29, 1.82) is 0 Å². The van der Waals surface area contributed by atoms with Crippen LogP contribution < -0.4 is 5.73 Å². The molecular formula is C7H16FN. The molecule has 56 valence electrons. The summed E-state index contributed by atoms with van der Waals surface area (Å²) >= 11 is 0. The Morgan fingerprint density at radius 2 is 1.89 bits per heavy atom. The van der Waals surface area contributed by atoms with Crippen LogP contribution in [0.4, 0.5) is 4.39 Å². The highest BCUT2D eigenvalue weighted by molar-refractivity contribution is 4.73. The Bertz CT molecular complexity index is 73.3. The first-order valence-electron chi connectivity index (χ1n) is 3.49. The molecule has 0 aliphatic heterocycles. The molecule has 0 fully saturated rings. The molecule has 0 aromatic heterocycles. The van der Waals surface area contributed by atoms with Crippen molar-refractivity contribution in [3.05, 3.63) is 0 Å². The third kappa shape index (κ3) is 2.80. The zero-order valence-electron chi connectivity index (χ0n) is 6.39. The van der Waals surface area contributed by atoms with Crippen LogP contribution in [0.3, 0.4) is 0 Å². The average molecular weight is 133 g/mol. The van der Waals surface area contributed by atoms with E-state index < -0.39 is 6.17 Å². The molecular weight excluding hydrogens is 117 g/mol. The summed E-state index contributed by atoms with van der Waals surface area (Å²) in [5.74, 6) is 0.250. The van der Waals surface area contributed by atoms with Gasteiger partial charge in [0.05, 0.1) is 0 Å². The summed E-state index contributed by atoms with van der Waals surface area (Å²) in [6, 6.07) is -0.282. The van der Waals surface area contributed by atoms with Crippen molar-refractivity contribution in [1.82, 2.24) is 0 Å². The van der Waals surface area contributed by atoms with Crippen LogP contribution in [0.2, 0.25) is 0 Å². The van der Waals surface area contributed by atoms with Crippen molar-refractivity contribution in [2.45, 2.75) is 39.4 Å². The van der Waals surface area contributed by atoms with E-state index >= 15 is 0 Å². The number of alkyl halides is 1. The quantitative estimate of drug-likeness (QED) is 0.623. The molecule has 1 nitrogen and oxygen atoms in total. The van der Waals surface area contributed by atoms with Crippen LogP contribution in [0.5, 0.6) is 0 Å². The first-order valence-corrected chi connectivity index (χ1v) is 3.49. The second-order valence-corrected chi connectivity index (χ2v) is 2.75. The third-order valence-electron chi connectivity index (χ3n) is 1.58. The Labute approximate surface area is 56.4 Å². The van der Waals surface area contributed by atoms with Gasteiger partial charge in [-0.2, -0.15) is 0 Å². The zero-order valence-corrected chi connectivity index (χ0v) is 6.39. The lowest BCUT2D eigenvalue weighted by Crippen LogP contribution is -2.36. The fraction of sp³-hybridized carbons (Fsp3) is 1.00. The van der Waals surface area contributed by atoms with E-state index in [0.717, 1.165) is 0 Å². The number of rotatable bonds is 3. The first-order chi connectivity index (χ1) is 4.09. The molecule has 0 heterocycles. The topological polar surface area (TPSA) is 26.0 Å². The van der Waals surface area contributed by atoms with E-state index in [1.54, 1.807) is 0 Å². The molecule has 0 aromatic carbocycles. The SMILES string of the molecule is CCC(F)C(N)C(C)C. The summed E-state index contributed by atoms with van der Waals surface area (Å²) in [5, 5.41) is 0. The lowest BCUT2D eigenvalue weighted by atomic mass is 9.99. The van der Waals surface area contributed by atoms with Crippen molar-refractivity contribution < 1.29 is 4.39 Å². The normalized spacial score (nSPS) is 18.0. The van der Waals surface area contributed by atoms with Gasteiger partial charge in [0.2, 0.25) is 0 Å². The van der Waals surface area contributed by atoms with Crippen LogP contribution in [-0.4, -0.2) is 12.2 Å². The molecule has 0 aromatic rings. The fourth-order valence-electron chi connectivity index (χ4n) is 0.690. The Morgan fingerprint density at radius 3 is 2.00 bits per heavy atom. The second kappa shape index (κ2) is 3.83. The van der Waals surface area contributed by atoms with Gasteiger partial charge >= 0.3 is 0 Å². The van der Waals surface area contributed by atoms with Gasteiger partial charge < -0.3 is 5.73 Å². The first kappa shape index (κ1) is 8.89. The van der Waals surface area contributed by atoms with E-state index in [0.29, 0.717) is 6.42 Å². The number of halogens is 1. The summed E-state index contributed by atoms with van der Waals surface area (Å²) in [5.41, 5.74) is 5.50. The molecule has 0 saturated carbocycles. The van der Waals surface area contributed by atoms with E-state index in [4.69, 9.17) is 5.73 Å². The van der Waals surface area contributed by atoms with Gasteiger partial charge in [-0.05, 0) is 12.3 Å². The maximum absolute atomic E-state index is 12.7. The minimum absolute atomic E-state index is 0.250. The zero-order chi connectivity index (χ0) is 7.44. The number of nitrogens with two attached hydrogens (primary N) is 1. The van der Waals surface area contributed by atoms with E-state index in [1.165, 1.54) is 0 Å². The standard InChI is InChI=1S/C7H16FN/c1-4-6(8)7(9)5(2)3/h5-7H,4,9H2,1-3H3. The molecule has 0 rings (SSSR count). The molecule has 2 atom stereocenters. The summed E-state index contributed by atoms with van der Waals surface area (Å²) in [4.78, 5) is 0. The Balaban J connectivity index is 3.58. The number of hydrogen-bond acceptors (Lipinski definition) is 1. The third-order valence-corrected chi connectivity index (χ3v) is 1.58. The highest BCUT2D eigenvalue weighted by Gasteiger charge is 2.17. The maximum Gasteiger partial charge on any atom is 0.115 e. The maximum atomic E-state index is 12.7. The van der Waals surface area contributed by atoms with Crippen molar-refractivity contribution >= 4 is 0 Å². The Hall–Kier alpha value is -0.110. The van der Waals surface area contributed by atoms with Gasteiger partial charge in [-0.25, -0.2) is 4.39 Å². The second-order valence-electron chi connectivity index (χ2n) is 2.75. The lowest BCUT2D eigenvalue weighted by molar-refractivity contribution is 0.236. The Morgan fingerprint density at radius 1 is 1.44 bits per heavy atom. The molecule has 2 unspecified atom stereocenters. The highest BCUT2D eigenvalue weighted by Crippen LogP contribution is 2.09. The predicted octanol–water partition coefficient (Wildman–Crippen LogP) is 1.72. The molecule has 0 spiro atoms. The summed E-state index contributed by atoms with van der Waals surface area (Å²) in [7, 11) is 0. The van der Waals surface area contributed by atoms with Gasteiger partial charge in [-0.15, -0.1) is 0 Å². The molecule has 2 heteroatoms. The average Bonchev–Trinajstić information content (AvgIpc) is 1.84. The van der Waals surface area contributed by atoms with Gasteiger partial charge in [-0.1, -0.05) is 20.8 Å². The van der Waals surface area contributed by atoms with Crippen molar-refractivity contribution in [2.24, 2.45) is 11.7 Å². The van der Waals surface area contributed by atoms with Gasteiger partial charge in [0.1, 0.15) is 6.17 Å². The molecule has 9 heavy (non-hydrogen) atoms. The molecule has 0 saturated heterocycles. The lowest BCUT2D eigenvalue weighted by Gasteiger charge is -2.18. The van der Waals surface area contributed by atoms with Crippen LogP contribution in [0.1, 0.15) is 27.2 Å². The molecule has 0 amide bonds. The van der Waals surface area contributed by atoms with E-state index in [1.807, 2.05) is 20.8 Å². The van der Waals surface area contributed by atoms with Crippen LogP contribution in [0, 0.1) is 5.92 Å². The summed E-state index contributed by atoms with van der Waals surface area (Å²) < 4.78 is 12.7. The molecule has 0 bridgehead atoms. The van der Waals surface area contributed by atoms with Crippen LogP contribution in [0.15, 0.2) is 0 Å². The van der Waals surface area contributed by atoms with Crippen LogP contribution in [0.25, 0.3) is 0 Å². The van der Waals surface area contributed by atoms with E-state index in [-0.39, 0.29) is 12.0 Å². The molecule has 2 N–H and O–H groups in total. The van der Waals surface area contributed by atoms with Gasteiger partial charge in [-0.3, -0.25) is 0 Å². The molecule has 0 radical (unpaired) electrons. The summed E-state index contributed by atoms with van der Waals surface area (Å²) in [6.07, 6.45) is -0.302. The van der Waals surface area contributed by atoms with Crippen LogP contribution >= 0.6 is 0 Å². The van der Waals surface area contributed by atoms with Crippen molar-refractivity contribution in [3.8, 4) is 0 Å². The van der Waals surface area contributed by atoms with Crippen molar-refractivity contribution in [3.63, 3.8) is 0 Å². The molecule has 0 aliphatic rings. The highest BCUT2D eigenvalue weighted by atomic mass is 19.1. The minimum Gasteiger partial charge on any atom is -0.325 e. The Kier molecular flexibility index (Phi) is 3.78. The molecule has 0 aliphatic carbocycles. The smallest absolute Gasteiger partial charge is 0.115 e. The minimum atomic E-state index is -0.829. The fourth-order valence-corrected chi connectivity index (χ4v) is 0.690. The van der Waals surface area contributed by atoms with Gasteiger partial charge in [0, 0.05) is 6.04 Å². The number of hydrogen-bond donors (Lipinski definition) is 1. The van der Waals surface area contributed by atoms with E-state index in [2.05, 4.69) is 0 Å². The monoisotopic (exact) mass is 133 g/mol. The van der Waals surface area contributed by atoms with Gasteiger partial charge in [0.25, 0.3) is 0 Å². The summed E-state index contributed by atoms with van der Waals surface area (Å²) in [6.45, 7) is 5.69.